The number of carbonyl (C=O) groups excluding carboxylic acids is 1. The monoisotopic (exact) mass is 281 g/mol. The van der Waals surface area contributed by atoms with Gasteiger partial charge in [-0.1, -0.05) is 18.2 Å². The third-order valence-electron chi connectivity index (χ3n) is 3.77. The van der Waals surface area contributed by atoms with E-state index in [1.807, 2.05) is 54.3 Å². The first kappa shape index (κ1) is 13.7. The van der Waals surface area contributed by atoms with Crippen molar-refractivity contribution >= 4 is 11.6 Å². The van der Waals surface area contributed by atoms with Crippen molar-refractivity contribution in [3.05, 3.63) is 59.7 Å². The number of fused-ring (bicyclic) bond motifs is 1. The molecule has 0 spiro atoms. The molecule has 3 rings (SSSR count). The van der Waals surface area contributed by atoms with Gasteiger partial charge in [-0.2, -0.15) is 0 Å². The van der Waals surface area contributed by atoms with E-state index in [2.05, 4.69) is 6.07 Å². The Kier molecular flexibility index (Phi) is 3.91. The van der Waals surface area contributed by atoms with Crippen LogP contribution in [0, 0.1) is 0 Å². The van der Waals surface area contributed by atoms with Crippen molar-refractivity contribution in [2.45, 2.75) is 19.8 Å². The molecule has 1 heterocycles. The highest BCUT2D eigenvalue weighted by Gasteiger charge is 2.23. The Labute approximate surface area is 125 Å². The highest BCUT2D eigenvalue weighted by atomic mass is 16.5. The van der Waals surface area contributed by atoms with Gasteiger partial charge in [0.25, 0.3) is 5.91 Å². The van der Waals surface area contributed by atoms with E-state index >= 15 is 0 Å². The minimum Gasteiger partial charge on any atom is -0.494 e. The molecule has 2 aromatic carbocycles. The number of hydrogen-bond donors (Lipinski definition) is 0. The summed E-state index contributed by atoms with van der Waals surface area (Å²) in [5, 5.41) is 0. The summed E-state index contributed by atoms with van der Waals surface area (Å²) in [5.41, 5.74) is 3.00. The maximum atomic E-state index is 12.7. The number of hydrogen-bond acceptors (Lipinski definition) is 2. The number of anilines is 1. The van der Waals surface area contributed by atoms with Gasteiger partial charge in [0, 0.05) is 17.8 Å². The van der Waals surface area contributed by atoms with Crippen molar-refractivity contribution in [3.8, 4) is 5.75 Å². The van der Waals surface area contributed by atoms with Crippen molar-refractivity contribution < 1.29 is 9.53 Å². The van der Waals surface area contributed by atoms with E-state index < -0.39 is 0 Å². The van der Waals surface area contributed by atoms with Crippen molar-refractivity contribution in [2.75, 3.05) is 18.1 Å². The summed E-state index contributed by atoms with van der Waals surface area (Å²) in [4.78, 5) is 14.6. The summed E-state index contributed by atoms with van der Waals surface area (Å²) in [6, 6.07) is 15.5. The molecule has 1 aliphatic rings. The summed E-state index contributed by atoms with van der Waals surface area (Å²) in [6.07, 6.45) is 2.06. The Hall–Kier alpha value is -2.29. The summed E-state index contributed by atoms with van der Waals surface area (Å²) in [7, 11) is 0. The van der Waals surface area contributed by atoms with Gasteiger partial charge in [0.1, 0.15) is 5.75 Å². The Balaban J connectivity index is 1.86. The Morgan fingerprint density at radius 3 is 2.67 bits per heavy atom. The van der Waals surface area contributed by atoms with Crippen molar-refractivity contribution in [3.63, 3.8) is 0 Å². The molecule has 0 saturated heterocycles. The smallest absolute Gasteiger partial charge is 0.258 e. The molecule has 3 heteroatoms. The van der Waals surface area contributed by atoms with E-state index in [0.29, 0.717) is 12.2 Å². The number of para-hydroxylation sites is 1. The predicted octanol–water partition coefficient (Wildman–Crippen LogP) is 3.68. The lowest BCUT2D eigenvalue weighted by Gasteiger charge is -2.29. The van der Waals surface area contributed by atoms with Crippen LogP contribution in [0.3, 0.4) is 0 Å². The maximum absolute atomic E-state index is 12.7. The molecule has 0 N–H and O–H groups in total. The molecule has 2 aromatic rings. The fourth-order valence-corrected chi connectivity index (χ4v) is 2.76. The van der Waals surface area contributed by atoms with E-state index in [4.69, 9.17) is 4.74 Å². The molecule has 0 radical (unpaired) electrons. The second-order valence-electron chi connectivity index (χ2n) is 5.15. The van der Waals surface area contributed by atoms with Crippen LogP contribution in [-0.2, 0) is 6.42 Å². The van der Waals surface area contributed by atoms with Crippen molar-refractivity contribution in [2.24, 2.45) is 0 Å². The summed E-state index contributed by atoms with van der Waals surface area (Å²) < 4.78 is 5.42. The van der Waals surface area contributed by atoms with Crippen LogP contribution in [0.25, 0.3) is 0 Å². The predicted molar refractivity (Wildman–Crippen MR) is 84.1 cm³/mol. The molecule has 1 amide bonds. The molecular formula is C18H19NO2. The quantitative estimate of drug-likeness (QED) is 0.859. The minimum atomic E-state index is 0.0604. The highest BCUT2D eigenvalue weighted by Crippen LogP contribution is 2.28. The number of benzene rings is 2. The first-order chi connectivity index (χ1) is 10.3. The largest absolute Gasteiger partial charge is 0.494 e. The molecule has 0 aromatic heterocycles. The number of carbonyl (C=O) groups is 1. The summed E-state index contributed by atoms with van der Waals surface area (Å²) in [6.45, 7) is 3.36. The average Bonchev–Trinajstić information content (AvgIpc) is 2.55. The minimum absolute atomic E-state index is 0.0604. The highest BCUT2D eigenvalue weighted by molar-refractivity contribution is 6.06. The first-order valence-corrected chi connectivity index (χ1v) is 7.42. The molecule has 3 nitrogen and oxygen atoms in total. The fourth-order valence-electron chi connectivity index (χ4n) is 2.76. The second-order valence-corrected chi connectivity index (χ2v) is 5.15. The number of ether oxygens (including phenoxy) is 1. The molecule has 0 aliphatic carbocycles. The third kappa shape index (κ3) is 2.77. The van der Waals surface area contributed by atoms with E-state index in [-0.39, 0.29) is 5.91 Å². The van der Waals surface area contributed by atoms with Gasteiger partial charge in [-0.3, -0.25) is 4.79 Å². The van der Waals surface area contributed by atoms with Gasteiger partial charge in [0.05, 0.1) is 6.61 Å². The van der Waals surface area contributed by atoms with Crippen LogP contribution in [0.1, 0.15) is 29.3 Å². The van der Waals surface area contributed by atoms with E-state index in [1.165, 1.54) is 5.56 Å². The van der Waals surface area contributed by atoms with Gasteiger partial charge in [-0.05, 0) is 55.7 Å². The fraction of sp³-hybridized carbons (Fsp3) is 0.278. The van der Waals surface area contributed by atoms with E-state index in [0.717, 1.165) is 30.8 Å². The molecule has 0 saturated carbocycles. The van der Waals surface area contributed by atoms with Crippen LogP contribution >= 0.6 is 0 Å². The lowest BCUT2D eigenvalue weighted by Crippen LogP contribution is -2.35. The van der Waals surface area contributed by atoms with Gasteiger partial charge in [0.15, 0.2) is 0 Å². The topological polar surface area (TPSA) is 29.5 Å². The molecule has 108 valence electrons. The Bertz CT molecular complexity index is 634. The van der Waals surface area contributed by atoms with Gasteiger partial charge in [-0.15, -0.1) is 0 Å². The van der Waals surface area contributed by atoms with Crippen LogP contribution in [0.2, 0.25) is 0 Å². The maximum Gasteiger partial charge on any atom is 0.258 e. The zero-order valence-electron chi connectivity index (χ0n) is 12.2. The summed E-state index contributed by atoms with van der Waals surface area (Å²) in [5.74, 6) is 0.860. The lowest BCUT2D eigenvalue weighted by atomic mass is 10.0. The van der Waals surface area contributed by atoms with Crippen LogP contribution in [0.15, 0.2) is 48.5 Å². The zero-order valence-corrected chi connectivity index (χ0v) is 12.2. The second kappa shape index (κ2) is 6.00. The van der Waals surface area contributed by atoms with Crippen LogP contribution in [0.5, 0.6) is 5.75 Å². The van der Waals surface area contributed by atoms with Crippen LogP contribution < -0.4 is 9.64 Å². The third-order valence-corrected chi connectivity index (χ3v) is 3.77. The number of rotatable bonds is 3. The molecular weight excluding hydrogens is 262 g/mol. The van der Waals surface area contributed by atoms with Crippen molar-refractivity contribution in [1.29, 1.82) is 0 Å². The number of amides is 1. The van der Waals surface area contributed by atoms with Crippen molar-refractivity contribution in [1.82, 2.24) is 0 Å². The molecule has 1 aliphatic heterocycles. The number of aryl methyl sites for hydroxylation is 1. The molecule has 0 atom stereocenters. The average molecular weight is 281 g/mol. The van der Waals surface area contributed by atoms with Gasteiger partial charge in [-0.25, -0.2) is 0 Å². The summed E-state index contributed by atoms with van der Waals surface area (Å²) >= 11 is 0. The standard InChI is InChI=1S/C18H19NO2/c1-2-21-16-11-9-15(10-12-16)18(20)19-13-5-7-14-6-3-4-8-17(14)19/h3-4,6,8-12H,2,5,7,13H2,1H3. The molecule has 0 fully saturated rings. The Morgan fingerprint density at radius 1 is 1.14 bits per heavy atom. The lowest BCUT2D eigenvalue weighted by molar-refractivity contribution is 0.0985. The molecule has 21 heavy (non-hydrogen) atoms. The van der Waals surface area contributed by atoms with Gasteiger partial charge >= 0.3 is 0 Å². The normalized spacial score (nSPS) is 13.7. The first-order valence-electron chi connectivity index (χ1n) is 7.42. The van der Waals surface area contributed by atoms with Crippen LogP contribution in [0.4, 0.5) is 5.69 Å². The molecule has 0 unspecified atom stereocenters. The van der Waals surface area contributed by atoms with Gasteiger partial charge < -0.3 is 9.64 Å². The van der Waals surface area contributed by atoms with Gasteiger partial charge in [0.2, 0.25) is 0 Å². The SMILES string of the molecule is CCOc1ccc(C(=O)N2CCCc3ccccc32)cc1. The van der Waals surface area contributed by atoms with E-state index in [9.17, 15) is 4.79 Å². The van der Waals surface area contributed by atoms with Crippen LogP contribution in [-0.4, -0.2) is 19.1 Å². The van der Waals surface area contributed by atoms with E-state index in [1.54, 1.807) is 0 Å². The zero-order chi connectivity index (χ0) is 14.7. The molecule has 0 bridgehead atoms. The Morgan fingerprint density at radius 2 is 1.90 bits per heavy atom. The number of nitrogens with zero attached hydrogens (tertiary/aromatic N) is 1.